The number of hydrogen-bond acceptors (Lipinski definition) is 3. The first-order chi connectivity index (χ1) is 6.67. The fraction of sp³-hybridized carbons (Fsp3) is 0.636. The Morgan fingerprint density at radius 2 is 2.43 bits per heavy atom. The van der Waals surface area contributed by atoms with E-state index in [-0.39, 0.29) is 18.4 Å². The Morgan fingerprint density at radius 3 is 2.86 bits per heavy atom. The predicted octanol–water partition coefficient (Wildman–Crippen LogP) is 1.86. The van der Waals surface area contributed by atoms with E-state index < -0.39 is 5.41 Å². The van der Waals surface area contributed by atoms with Gasteiger partial charge in [0, 0.05) is 6.42 Å². The number of hydrogen-bond donors (Lipinski definition) is 0. The summed E-state index contributed by atoms with van der Waals surface area (Å²) in [5.41, 5.74) is -0.844. The van der Waals surface area contributed by atoms with Gasteiger partial charge in [0.1, 0.15) is 17.8 Å². The van der Waals surface area contributed by atoms with Crippen LogP contribution < -0.4 is 0 Å². The molecule has 14 heavy (non-hydrogen) atoms. The van der Waals surface area contributed by atoms with Crippen molar-refractivity contribution in [3.8, 4) is 0 Å². The van der Waals surface area contributed by atoms with Gasteiger partial charge in [-0.25, -0.2) is 0 Å². The lowest BCUT2D eigenvalue weighted by atomic mass is 9.82. The van der Waals surface area contributed by atoms with Gasteiger partial charge in [0.25, 0.3) is 0 Å². The Bertz CT molecular complexity index is 257. The normalized spacial score (nSPS) is 26.2. The number of esters is 1. The topological polar surface area (TPSA) is 43.4 Å². The molecule has 0 saturated heterocycles. The van der Waals surface area contributed by atoms with Gasteiger partial charge in [0.05, 0.1) is 0 Å². The minimum absolute atomic E-state index is 0.0362. The van der Waals surface area contributed by atoms with Crippen molar-refractivity contribution in [3.63, 3.8) is 0 Å². The Morgan fingerprint density at radius 1 is 1.71 bits per heavy atom. The van der Waals surface area contributed by atoms with Crippen molar-refractivity contribution < 1.29 is 14.3 Å². The first kappa shape index (κ1) is 11.0. The molecule has 0 spiro atoms. The standard InChI is InChI=1S/C11H16O3/c1-3-8-14-10(13)11(4-2)7-5-6-9(11)12/h3H,1,4-8H2,2H3. The molecular weight excluding hydrogens is 180 g/mol. The zero-order valence-corrected chi connectivity index (χ0v) is 8.54. The Hall–Kier alpha value is -1.12. The zero-order valence-electron chi connectivity index (χ0n) is 8.54. The largest absolute Gasteiger partial charge is 0.461 e. The van der Waals surface area contributed by atoms with E-state index in [2.05, 4.69) is 6.58 Å². The second-order valence-corrected chi connectivity index (χ2v) is 3.60. The molecule has 1 atom stereocenters. The predicted molar refractivity (Wildman–Crippen MR) is 52.7 cm³/mol. The van der Waals surface area contributed by atoms with Crippen LogP contribution in [-0.2, 0) is 14.3 Å². The lowest BCUT2D eigenvalue weighted by Gasteiger charge is -2.22. The summed E-state index contributed by atoms with van der Waals surface area (Å²) >= 11 is 0. The van der Waals surface area contributed by atoms with E-state index in [9.17, 15) is 9.59 Å². The molecule has 0 aromatic heterocycles. The highest BCUT2D eigenvalue weighted by Gasteiger charge is 2.48. The van der Waals surface area contributed by atoms with Crippen LogP contribution in [0.4, 0.5) is 0 Å². The Balaban J connectivity index is 2.73. The van der Waals surface area contributed by atoms with Crippen molar-refractivity contribution in [2.75, 3.05) is 6.61 Å². The summed E-state index contributed by atoms with van der Waals surface area (Å²) in [7, 11) is 0. The molecule has 1 fully saturated rings. The quantitative estimate of drug-likeness (QED) is 0.391. The minimum atomic E-state index is -0.844. The van der Waals surface area contributed by atoms with Crippen LogP contribution in [0, 0.1) is 5.41 Å². The number of ketones is 1. The Kier molecular flexibility index (Phi) is 3.44. The van der Waals surface area contributed by atoms with Crippen molar-refractivity contribution in [2.24, 2.45) is 5.41 Å². The maximum absolute atomic E-state index is 11.7. The molecule has 1 aliphatic rings. The first-order valence-electron chi connectivity index (χ1n) is 4.99. The van der Waals surface area contributed by atoms with E-state index in [1.165, 1.54) is 6.08 Å². The summed E-state index contributed by atoms with van der Waals surface area (Å²) in [4.78, 5) is 23.3. The average Bonchev–Trinajstić information content (AvgIpc) is 2.57. The molecule has 3 heteroatoms. The van der Waals surface area contributed by atoms with Gasteiger partial charge in [-0.2, -0.15) is 0 Å². The highest BCUT2D eigenvalue weighted by molar-refractivity contribution is 6.05. The van der Waals surface area contributed by atoms with Crippen LogP contribution in [0.2, 0.25) is 0 Å². The molecular formula is C11H16O3. The second kappa shape index (κ2) is 4.40. The number of carbonyl (C=O) groups excluding carboxylic acids is 2. The third kappa shape index (κ3) is 1.72. The van der Waals surface area contributed by atoms with Gasteiger partial charge in [-0.15, -0.1) is 0 Å². The van der Waals surface area contributed by atoms with Gasteiger partial charge < -0.3 is 4.74 Å². The molecule has 0 aliphatic heterocycles. The molecule has 0 N–H and O–H groups in total. The molecule has 1 aliphatic carbocycles. The van der Waals surface area contributed by atoms with Crippen molar-refractivity contribution in [3.05, 3.63) is 12.7 Å². The van der Waals surface area contributed by atoms with Crippen molar-refractivity contribution in [1.82, 2.24) is 0 Å². The number of ether oxygens (including phenoxy) is 1. The van der Waals surface area contributed by atoms with E-state index in [0.717, 1.165) is 6.42 Å². The van der Waals surface area contributed by atoms with E-state index >= 15 is 0 Å². The maximum Gasteiger partial charge on any atom is 0.319 e. The lowest BCUT2D eigenvalue weighted by molar-refractivity contribution is -0.158. The van der Waals surface area contributed by atoms with E-state index in [4.69, 9.17) is 4.74 Å². The zero-order chi connectivity index (χ0) is 10.6. The maximum atomic E-state index is 11.7. The van der Waals surface area contributed by atoms with Gasteiger partial charge in [0.15, 0.2) is 0 Å². The van der Waals surface area contributed by atoms with Crippen LogP contribution in [0.5, 0.6) is 0 Å². The summed E-state index contributed by atoms with van der Waals surface area (Å²) in [6.45, 7) is 5.51. The van der Waals surface area contributed by atoms with Crippen LogP contribution in [0.1, 0.15) is 32.6 Å². The summed E-state index contributed by atoms with van der Waals surface area (Å²) in [5.74, 6) is -0.337. The van der Waals surface area contributed by atoms with Gasteiger partial charge >= 0.3 is 5.97 Å². The second-order valence-electron chi connectivity index (χ2n) is 3.60. The first-order valence-corrected chi connectivity index (χ1v) is 4.99. The molecule has 78 valence electrons. The fourth-order valence-electron chi connectivity index (χ4n) is 1.94. The summed E-state index contributed by atoms with van der Waals surface area (Å²) in [6.07, 6.45) is 4.01. The van der Waals surface area contributed by atoms with E-state index in [0.29, 0.717) is 19.3 Å². The molecule has 0 amide bonds. The molecule has 1 saturated carbocycles. The van der Waals surface area contributed by atoms with Gasteiger partial charge in [-0.3, -0.25) is 9.59 Å². The highest BCUT2D eigenvalue weighted by Crippen LogP contribution is 2.38. The molecule has 0 aromatic rings. The molecule has 0 heterocycles. The van der Waals surface area contributed by atoms with Gasteiger partial charge in [-0.1, -0.05) is 19.6 Å². The van der Waals surface area contributed by atoms with Crippen LogP contribution in [0.15, 0.2) is 12.7 Å². The average molecular weight is 196 g/mol. The molecule has 1 unspecified atom stereocenters. The number of carbonyl (C=O) groups is 2. The van der Waals surface area contributed by atoms with Crippen LogP contribution >= 0.6 is 0 Å². The molecule has 0 aromatic carbocycles. The highest BCUT2D eigenvalue weighted by atomic mass is 16.5. The summed E-state index contributed by atoms with van der Waals surface area (Å²) < 4.78 is 4.96. The molecule has 1 rings (SSSR count). The SMILES string of the molecule is C=CCOC(=O)C1(CC)CCCC1=O. The lowest BCUT2D eigenvalue weighted by Crippen LogP contribution is -2.36. The molecule has 3 nitrogen and oxygen atoms in total. The van der Waals surface area contributed by atoms with Gasteiger partial charge in [0.2, 0.25) is 0 Å². The van der Waals surface area contributed by atoms with Crippen molar-refractivity contribution >= 4 is 11.8 Å². The van der Waals surface area contributed by atoms with E-state index in [1.54, 1.807) is 0 Å². The third-order valence-electron chi connectivity index (χ3n) is 2.87. The molecule has 0 radical (unpaired) electrons. The molecule has 0 bridgehead atoms. The third-order valence-corrected chi connectivity index (χ3v) is 2.87. The fourth-order valence-corrected chi connectivity index (χ4v) is 1.94. The van der Waals surface area contributed by atoms with Gasteiger partial charge in [-0.05, 0) is 19.3 Å². The minimum Gasteiger partial charge on any atom is -0.461 e. The Labute approximate surface area is 84.1 Å². The van der Waals surface area contributed by atoms with Crippen LogP contribution in [0.3, 0.4) is 0 Å². The number of Topliss-reactive ketones (excluding diaryl/α,β-unsaturated/α-hetero) is 1. The summed E-state index contributed by atoms with van der Waals surface area (Å²) in [5, 5.41) is 0. The monoisotopic (exact) mass is 196 g/mol. The number of rotatable bonds is 4. The summed E-state index contributed by atoms with van der Waals surface area (Å²) in [6, 6.07) is 0. The van der Waals surface area contributed by atoms with Crippen LogP contribution in [0.25, 0.3) is 0 Å². The van der Waals surface area contributed by atoms with Crippen molar-refractivity contribution in [2.45, 2.75) is 32.6 Å². The van der Waals surface area contributed by atoms with Crippen LogP contribution in [-0.4, -0.2) is 18.4 Å². The smallest absolute Gasteiger partial charge is 0.319 e. The van der Waals surface area contributed by atoms with Crippen molar-refractivity contribution in [1.29, 1.82) is 0 Å². The van der Waals surface area contributed by atoms with E-state index in [1.807, 2.05) is 6.92 Å².